The van der Waals surface area contributed by atoms with Gasteiger partial charge >= 0.3 is 0 Å². The maximum atomic E-state index is 12.8. The van der Waals surface area contributed by atoms with Gasteiger partial charge in [0.25, 0.3) is 11.5 Å². The van der Waals surface area contributed by atoms with Gasteiger partial charge in [-0.15, -0.1) is 0 Å². The highest BCUT2D eigenvalue weighted by Crippen LogP contribution is 2.33. The van der Waals surface area contributed by atoms with E-state index in [1.54, 1.807) is 54.7 Å². The lowest BCUT2D eigenvalue weighted by Gasteiger charge is -2.26. The molecule has 0 saturated carbocycles. The Morgan fingerprint density at radius 1 is 1.10 bits per heavy atom. The van der Waals surface area contributed by atoms with E-state index in [-0.39, 0.29) is 11.5 Å². The second-order valence-corrected chi connectivity index (χ2v) is 10.5. The van der Waals surface area contributed by atoms with Crippen molar-refractivity contribution >= 4 is 51.4 Å². The van der Waals surface area contributed by atoms with Crippen LogP contribution in [0.2, 0.25) is 10.0 Å². The van der Waals surface area contributed by atoms with Crippen LogP contribution < -0.4 is 20.9 Å². The standard InChI is InChI=1S/C30H31Cl2N5O4/c1-40-27-16-19(29(38)33-9-3-11-37-12-14-41-15-13-37)6-7-24(27)36-26-18-20(17-21-22(31)4-2-5-23(21)32)35-25-8-10-34-30(39)28(25)26/h2,4-8,10,16,18H,3,9,11-15,17H2,1H3,(H,33,38)(H,34,39)(H,35,36). The smallest absolute Gasteiger partial charge is 0.259 e. The van der Waals surface area contributed by atoms with Gasteiger partial charge in [-0.25, -0.2) is 0 Å². The lowest BCUT2D eigenvalue weighted by molar-refractivity contribution is 0.0374. The number of amides is 1. The lowest BCUT2D eigenvalue weighted by Crippen LogP contribution is -2.38. The molecule has 1 aliphatic heterocycles. The fourth-order valence-electron chi connectivity index (χ4n) is 4.83. The number of halogens is 2. The number of methoxy groups -OCH3 is 1. The molecule has 0 atom stereocenters. The van der Waals surface area contributed by atoms with Gasteiger partial charge < -0.3 is 25.1 Å². The number of benzene rings is 2. The number of hydrogen-bond acceptors (Lipinski definition) is 7. The third-order valence-corrected chi connectivity index (χ3v) is 7.68. The normalized spacial score (nSPS) is 13.7. The van der Waals surface area contributed by atoms with Crippen molar-refractivity contribution in [3.8, 4) is 5.75 Å². The molecule has 4 aromatic rings. The van der Waals surface area contributed by atoms with Gasteiger partial charge in [0.2, 0.25) is 0 Å². The number of carbonyl (C=O) groups excluding carboxylic acids is 1. The SMILES string of the molecule is COc1cc(C(=O)NCCCN2CCOCC2)ccc1Nc1cc(Cc2c(Cl)cccc2Cl)nc2cc[nH]c(=O)c12. The summed E-state index contributed by atoms with van der Waals surface area (Å²) in [6.07, 6.45) is 2.79. The van der Waals surface area contributed by atoms with Crippen LogP contribution in [-0.4, -0.2) is 67.3 Å². The van der Waals surface area contributed by atoms with Gasteiger partial charge in [-0.3, -0.25) is 19.5 Å². The third kappa shape index (κ3) is 7.00. The molecule has 0 aliphatic carbocycles. The first-order valence-corrected chi connectivity index (χ1v) is 14.2. The largest absolute Gasteiger partial charge is 0.495 e. The molecule has 41 heavy (non-hydrogen) atoms. The fraction of sp³-hybridized carbons (Fsp3) is 0.300. The Morgan fingerprint density at radius 3 is 2.63 bits per heavy atom. The Kier molecular flexibility index (Phi) is 9.41. The van der Waals surface area contributed by atoms with Gasteiger partial charge in [-0.05, 0) is 61.0 Å². The molecule has 5 rings (SSSR count). The van der Waals surface area contributed by atoms with Crippen molar-refractivity contribution < 1.29 is 14.3 Å². The Morgan fingerprint density at radius 2 is 1.88 bits per heavy atom. The molecule has 1 fully saturated rings. The predicted molar refractivity (Wildman–Crippen MR) is 162 cm³/mol. The van der Waals surface area contributed by atoms with Crippen LogP contribution in [0.3, 0.4) is 0 Å². The summed E-state index contributed by atoms with van der Waals surface area (Å²) in [5.74, 6) is 0.278. The zero-order chi connectivity index (χ0) is 28.8. The van der Waals surface area contributed by atoms with E-state index in [0.717, 1.165) is 44.8 Å². The van der Waals surface area contributed by atoms with Crippen LogP contribution >= 0.6 is 23.2 Å². The molecule has 2 aromatic heterocycles. The van der Waals surface area contributed by atoms with E-state index in [1.807, 2.05) is 0 Å². The Hall–Kier alpha value is -3.63. The van der Waals surface area contributed by atoms with Crippen LogP contribution in [0.1, 0.15) is 28.0 Å². The number of fused-ring (bicyclic) bond motifs is 1. The molecule has 214 valence electrons. The quantitative estimate of drug-likeness (QED) is 0.221. The third-order valence-electron chi connectivity index (χ3n) is 6.98. The van der Waals surface area contributed by atoms with Crippen molar-refractivity contribution in [1.82, 2.24) is 20.2 Å². The number of rotatable bonds is 10. The Labute approximate surface area is 247 Å². The van der Waals surface area contributed by atoms with E-state index in [0.29, 0.717) is 62.3 Å². The van der Waals surface area contributed by atoms with Gasteiger partial charge in [0, 0.05) is 53.6 Å². The fourth-order valence-corrected chi connectivity index (χ4v) is 5.36. The summed E-state index contributed by atoms with van der Waals surface area (Å²) in [5, 5.41) is 7.77. The zero-order valence-corrected chi connectivity index (χ0v) is 24.1. The summed E-state index contributed by atoms with van der Waals surface area (Å²) in [6.45, 7) is 4.85. The van der Waals surface area contributed by atoms with Crippen molar-refractivity contribution in [3.63, 3.8) is 0 Å². The second kappa shape index (κ2) is 13.4. The van der Waals surface area contributed by atoms with E-state index in [4.69, 9.17) is 37.7 Å². The first-order chi connectivity index (χ1) is 19.9. The van der Waals surface area contributed by atoms with Crippen LogP contribution in [0.15, 0.2) is 59.5 Å². The molecule has 1 saturated heterocycles. The molecule has 0 bridgehead atoms. The van der Waals surface area contributed by atoms with E-state index >= 15 is 0 Å². The van der Waals surface area contributed by atoms with E-state index in [1.165, 1.54) is 7.11 Å². The zero-order valence-electron chi connectivity index (χ0n) is 22.6. The number of H-pyrrole nitrogens is 1. The van der Waals surface area contributed by atoms with Crippen LogP contribution in [-0.2, 0) is 11.2 Å². The van der Waals surface area contributed by atoms with E-state index in [9.17, 15) is 9.59 Å². The maximum absolute atomic E-state index is 12.8. The molecule has 1 aliphatic rings. The first kappa shape index (κ1) is 28.9. The van der Waals surface area contributed by atoms with Crippen molar-refractivity contribution in [3.05, 3.63) is 91.9 Å². The van der Waals surface area contributed by atoms with Crippen LogP contribution in [0.4, 0.5) is 11.4 Å². The van der Waals surface area contributed by atoms with Gasteiger partial charge in [-0.1, -0.05) is 29.3 Å². The number of anilines is 2. The van der Waals surface area contributed by atoms with Crippen LogP contribution in [0.25, 0.3) is 10.9 Å². The minimum Gasteiger partial charge on any atom is -0.495 e. The number of aromatic amines is 1. The number of pyridine rings is 2. The van der Waals surface area contributed by atoms with Crippen LogP contribution in [0, 0.1) is 0 Å². The maximum Gasteiger partial charge on any atom is 0.259 e. The molecular weight excluding hydrogens is 565 g/mol. The summed E-state index contributed by atoms with van der Waals surface area (Å²) in [7, 11) is 1.53. The number of nitrogens with zero attached hydrogens (tertiary/aromatic N) is 2. The number of carbonyl (C=O) groups is 1. The van der Waals surface area contributed by atoms with Crippen molar-refractivity contribution in [2.24, 2.45) is 0 Å². The van der Waals surface area contributed by atoms with Crippen molar-refractivity contribution in [1.29, 1.82) is 0 Å². The number of morpholine rings is 1. The average Bonchev–Trinajstić information content (AvgIpc) is 2.98. The lowest BCUT2D eigenvalue weighted by atomic mass is 10.1. The molecule has 11 heteroatoms. The van der Waals surface area contributed by atoms with Crippen molar-refractivity contribution in [2.45, 2.75) is 12.8 Å². The number of ether oxygens (including phenoxy) is 2. The minimum absolute atomic E-state index is 0.179. The topological polar surface area (TPSA) is 109 Å². The van der Waals surface area contributed by atoms with Gasteiger partial charge in [0.15, 0.2) is 0 Å². The second-order valence-electron chi connectivity index (χ2n) is 9.71. The van der Waals surface area contributed by atoms with Crippen LogP contribution in [0.5, 0.6) is 5.75 Å². The van der Waals surface area contributed by atoms with E-state index < -0.39 is 0 Å². The highest BCUT2D eigenvalue weighted by molar-refractivity contribution is 6.36. The number of aromatic nitrogens is 2. The highest BCUT2D eigenvalue weighted by Gasteiger charge is 2.16. The first-order valence-electron chi connectivity index (χ1n) is 13.4. The summed E-state index contributed by atoms with van der Waals surface area (Å²) in [6, 6.07) is 14.0. The molecule has 1 amide bonds. The summed E-state index contributed by atoms with van der Waals surface area (Å²) < 4.78 is 11.0. The average molecular weight is 597 g/mol. The molecule has 2 aromatic carbocycles. The van der Waals surface area contributed by atoms with Crippen molar-refractivity contribution in [2.75, 3.05) is 51.8 Å². The van der Waals surface area contributed by atoms with E-state index in [2.05, 4.69) is 20.5 Å². The molecule has 0 radical (unpaired) electrons. The Bertz CT molecular complexity index is 1580. The highest BCUT2D eigenvalue weighted by atomic mass is 35.5. The molecular formula is C30H31Cl2N5O4. The Balaban J connectivity index is 1.35. The summed E-state index contributed by atoms with van der Waals surface area (Å²) in [5.41, 5.74) is 3.26. The molecule has 9 nitrogen and oxygen atoms in total. The van der Waals surface area contributed by atoms with Gasteiger partial charge in [0.1, 0.15) is 5.75 Å². The molecule has 3 heterocycles. The number of nitrogens with one attached hydrogen (secondary N) is 3. The number of hydrogen-bond donors (Lipinski definition) is 3. The molecule has 3 N–H and O–H groups in total. The molecule has 0 unspecified atom stereocenters. The summed E-state index contributed by atoms with van der Waals surface area (Å²) >= 11 is 12.8. The van der Waals surface area contributed by atoms with Gasteiger partial charge in [0.05, 0.1) is 42.6 Å². The van der Waals surface area contributed by atoms with Gasteiger partial charge in [-0.2, -0.15) is 0 Å². The summed E-state index contributed by atoms with van der Waals surface area (Å²) in [4.78, 5) is 35.4. The molecule has 0 spiro atoms. The monoisotopic (exact) mass is 595 g/mol. The predicted octanol–water partition coefficient (Wildman–Crippen LogP) is 5.03. The minimum atomic E-state index is -0.285.